The highest BCUT2D eigenvalue weighted by Gasteiger charge is 1.96. The lowest BCUT2D eigenvalue weighted by Crippen LogP contribution is -1.87. The van der Waals surface area contributed by atoms with E-state index < -0.39 is 0 Å². The number of aromatic nitrogens is 1. The molecule has 0 radical (unpaired) electrons. The van der Waals surface area contributed by atoms with Crippen LogP contribution in [0, 0.1) is 6.92 Å². The molecule has 11 heavy (non-hydrogen) atoms. The summed E-state index contributed by atoms with van der Waals surface area (Å²) in [6, 6.07) is 1.50. The lowest BCUT2D eigenvalue weighted by Gasteiger charge is -1.98. The normalized spacial score (nSPS) is 8.91. The van der Waals surface area contributed by atoms with Gasteiger partial charge in [-0.2, -0.15) is 0 Å². The Morgan fingerprint density at radius 1 is 1.55 bits per heavy atom. The van der Waals surface area contributed by atoms with Crippen LogP contribution in [0.25, 0.3) is 0 Å². The molecule has 0 fully saturated rings. The summed E-state index contributed by atoms with van der Waals surface area (Å²) in [4.78, 5) is 3.84. The first-order chi connectivity index (χ1) is 4.74. The predicted octanol–water partition coefficient (Wildman–Crippen LogP) is 1.01. The van der Waals surface area contributed by atoms with Crippen molar-refractivity contribution in [3.8, 4) is 5.75 Å². The zero-order chi connectivity index (χ0) is 7.56. The van der Waals surface area contributed by atoms with Gasteiger partial charge in [-0.25, -0.2) is 0 Å². The second-order valence-electron chi connectivity index (χ2n) is 2.11. The zero-order valence-corrected chi connectivity index (χ0v) is 6.93. The molecule has 0 bridgehead atoms. The molecule has 0 aliphatic rings. The largest absolute Gasteiger partial charge is 0.506 e. The summed E-state index contributed by atoms with van der Waals surface area (Å²) in [5, 5.41) is 17.7. The van der Waals surface area contributed by atoms with Gasteiger partial charge in [-0.05, 0) is 18.6 Å². The first kappa shape index (κ1) is 10.2. The Morgan fingerprint density at radius 3 is 2.64 bits per heavy atom. The molecule has 0 aromatic carbocycles. The molecule has 0 spiro atoms. The summed E-state index contributed by atoms with van der Waals surface area (Å²) in [6.07, 6.45) is 1.54. The molecule has 0 atom stereocenters. The van der Waals surface area contributed by atoms with Crippen LogP contribution >= 0.6 is 12.4 Å². The molecular formula is C7H10ClNO2. The number of rotatable bonds is 1. The van der Waals surface area contributed by atoms with Crippen LogP contribution < -0.4 is 0 Å². The smallest absolute Gasteiger partial charge is 0.137 e. The van der Waals surface area contributed by atoms with Gasteiger partial charge in [0.05, 0.1) is 12.3 Å². The Balaban J connectivity index is 0.000001000. The average molecular weight is 176 g/mol. The Morgan fingerprint density at radius 2 is 2.18 bits per heavy atom. The molecule has 0 amide bonds. The van der Waals surface area contributed by atoms with E-state index in [2.05, 4.69) is 4.98 Å². The molecule has 1 aromatic heterocycles. The van der Waals surface area contributed by atoms with Gasteiger partial charge in [-0.15, -0.1) is 12.4 Å². The van der Waals surface area contributed by atoms with Crippen LogP contribution in [0.1, 0.15) is 11.3 Å². The van der Waals surface area contributed by atoms with Crippen LogP contribution in [-0.4, -0.2) is 15.2 Å². The molecule has 0 saturated carbocycles. The summed E-state index contributed by atoms with van der Waals surface area (Å²) < 4.78 is 0. The Kier molecular flexibility index (Phi) is 3.85. The Labute approximate surface area is 71.1 Å². The van der Waals surface area contributed by atoms with Crippen LogP contribution in [-0.2, 0) is 6.61 Å². The molecule has 2 N–H and O–H groups in total. The van der Waals surface area contributed by atoms with E-state index in [1.165, 1.54) is 12.3 Å². The highest BCUT2D eigenvalue weighted by molar-refractivity contribution is 5.85. The summed E-state index contributed by atoms with van der Waals surface area (Å²) in [5.74, 6) is 0.131. The van der Waals surface area contributed by atoms with Crippen molar-refractivity contribution in [2.45, 2.75) is 13.5 Å². The lowest BCUT2D eigenvalue weighted by atomic mass is 10.2. The van der Waals surface area contributed by atoms with Gasteiger partial charge in [0.25, 0.3) is 0 Å². The molecule has 1 heterocycles. The van der Waals surface area contributed by atoms with E-state index in [0.29, 0.717) is 11.3 Å². The fourth-order valence-corrected chi connectivity index (χ4v) is 0.650. The van der Waals surface area contributed by atoms with E-state index in [0.717, 1.165) is 0 Å². The first-order valence-corrected chi connectivity index (χ1v) is 2.99. The minimum Gasteiger partial charge on any atom is -0.506 e. The van der Waals surface area contributed by atoms with E-state index in [4.69, 9.17) is 10.2 Å². The molecule has 1 rings (SSSR count). The summed E-state index contributed by atoms with van der Waals surface area (Å²) in [7, 11) is 0. The lowest BCUT2D eigenvalue weighted by molar-refractivity contribution is 0.280. The third kappa shape index (κ3) is 2.37. The van der Waals surface area contributed by atoms with Gasteiger partial charge >= 0.3 is 0 Å². The molecule has 4 heteroatoms. The van der Waals surface area contributed by atoms with Crippen molar-refractivity contribution in [3.05, 3.63) is 23.5 Å². The number of pyridine rings is 1. The number of aromatic hydroxyl groups is 1. The fraction of sp³-hybridized carbons (Fsp3) is 0.286. The molecule has 0 saturated heterocycles. The second-order valence-corrected chi connectivity index (χ2v) is 2.11. The van der Waals surface area contributed by atoms with Crippen molar-refractivity contribution < 1.29 is 10.2 Å². The maximum absolute atomic E-state index is 9.06. The number of aliphatic hydroxyl groups excluding tert-OH is 1. The number of aryl methyl sites for hydroxylation is 1. The Bertz CT molecular complexity index is 240. The van der Waals surface area contributed by atoms with Gasteiger partial charge in [-0.1, -0.05) is 0 Å². The fourth-order valence-electron chi connectivity index (χ4n) is 0.650. The molecule has 0 aliphatic carbocycles. The molecule has 3 nitrogen and oxygen atoms in total. The van der Waals surface area contributed by atoms with Gasteiger partial charge in [0.2, 0.25) is 0 Å². The third-order valence-electron chi connectivity index (χ3n) is 1.30. The highest BCUT2D eigenvalue weighted by atomic mass is 35.5. The summed E-state index contributed by atoms with van der Waals surface area (Å²) >= 11 is 0. The topological polar surface area (TPSA) is 53.4 Å². The molecule has 0 unspecified atom stereocenters. The quantitative estimate of drug-likeness (QED) is 0.670. The molecule has 0 aliphatic heterocycles. The van der Waals surface area contributed by atoms with Crippen molar-refractivity contribution >= 4 is 12.4 Å². The van der Waals surface area contributed by atoms with E-state index in [-0.39, 0.29) is 24.8 Å². The SMILES string of the molecule is Cc1ncc(CO)cc1O.Cl. The average Bonchev–Trinajstić information content (AvgIpc) is 1.95. The summed E-state index contributed by atoms with van der Waals surface area (Å²) in [6.45, 7) is 1.62. The number of aliphatic hydroxyl groups is 1. The maximum atomic E-state index is 9.06. The van der Waals surface area contributed by atoms with Gasteiger partial charge in [-0.3, -0.25) is 4.98 Å². The zero-order valence-electron chi connectivity index (χ0n) is 6.11. The molecular weight excluding hydrogens is 166 g/mol. The highest BCUT2D eigenvalue weighted by Crippen LogP contribution is 2.13. The number of halogens is 1. The number of hydrogen-bond donors (Lipinski definition) is 2. The molecule has 1 aromatic rings. The number of hydrogen-bond acceptors (Lipinski definition) is 3. The molecule has 62 valence electrons. The standard InChI is InChI=1S/C7H9NO2.ClH/c1-5-7(10)2-6(4-9)3-8-5;/h2-3,9-10H,4H2,1H3;1H. The first-order valence-electron chi connectivity index (χ1n) is 2.99. The van der Waals surface area contributed by atoms with Crippen molar-refractivity contribution in [2.75, 3.05) is 0 Å². The van der Waals surface area contributed by atoms with Crippen LogP contribution in [0.5, 0.6) is 5.75 Å². The minimum absolute atomic E-state index is 0. The van der Waals surface area contributed by atoms with Gasteiger partial charge in [0.15, 0.2) is 0 Å². The van der Waals surface area contributed by atoms with Gasteiger partial charge in [0.1, 0.15) is 5.75 Å². The van der Waals surface area contributed by atoms with Gasteiger partial charge in [0, 0.05) is 6.20 Å². The van der Waals surface area contributed by atoms with Crippen LogP contribution in [0.15, 0.2) is 12.3 Å². The van der Waals surface area contributed by atoms with Crippen molar-refractivity contribution in [3.63, 3.8) is 0 Å². The maximum Gasteiger partial charge on any atom is 0.137 e. The van der Waals surface area contributed by atoms with E-state index >= 15 is 0 Å². The predicted molar refractivity (Wildman–Crippen MR) is 43.8 cm³/mol. The van der Waals surface area contributed by atoms with Crippen molar-refractivity contribution in [1.82, 2.24) is 4.98 Å². The summed E-state index contributed by atoms with van der Waals surface area (Å²) in [5.41, 5.74) is 1.21. The Hall–Kier alpha value is -0.800. The third-order valence-corrected chi connectivity index (χ3v) is 1.30. The van der Waals surface area contributed by atoms with Crippen molar-refractivity contribution in [2.24, 2.45) is 0 Å². The van der Waals surface area contributed by atoms with Crippen LogP contribution in [0.2, 0.25) is 0 Å². The minimum atomic E-state index is -0.0825. The van der Waals surface area contributed by atoms with Gasteiger partial charge < -0.3 is 10.2 Å². The van der Waals surface area contributed by atoms with E-state index in [9.17, 15) is 0 Å². The van der Waals surface area contributed by atoms with Crippen LogP contribution in [0.4, 0.5) is 0 Å². The second kappa shape index (κ2) is 4.16. The van der Waals surface area contributed by atoms with E-state index in [1.54, 1.807) is 6.92 Å². The van der Waals surface area contributed by atoms with E-state index in [1.807, 2.05) is 0 Å². The number of nitrogens with zero attached hydrogens (tertiary/aromatic N) is 1. The van der Waals surface area contributed by atoms with Crippen LogP contribution in [0.3, 0.4) is 0 Å². The van der Waals surface area contributed by atoms with Crippen molar-refractivity contribution in [1.29, 1.82) is 0 Å². The monoisotopic (exact) mass is 175 g/mol.